The number of hydrogen-bond donors (Lipinski definition) is 11. The van der Waals surface area contributed by atoms with Crippen molar-refractivity contribution in [3.05, 3.63) is 54.2 Å². The van der Waals surface area contributed by atoms with E-state index in [9.17, 15) is 43.2 Å². The van der Waals surface area contributed by atoms with E-state index in [1.54, 1.807) is 20.0 Å². The summed E-state index contributed by atoms with van der Waals surface area (Å²) in [6, 6.07) is -0.951. The minimum absolute atomic E-state index is 0.0209. The summed E-state index contributed by atoms with van der Waals surface area (Å²) in [5.74, 6) is -6.64. The largest absolute Gasteiger partial charge is 0.370 e. The molecular formula is C55H88N12O9. The second kappa shape index (κ2) is 34.0. The van der Waals surface area contributed by atoms with Crippen molar-refractivity contribution in [1.82, 2.24) is 52.2 Å². The first-order chi connectivity index (χ1) is 36.2. The molecular weight excluding hydrogens is 973 g/mol. The van der Waals surface area contributed by atoms with E-state index in [0.717, 1.165) is 36.6 Å². The quantitative estimate of drug-likeness (QED) is 0.0366. The third-order valence-corrected chi connectivity index (χ3v) is 13.3. The Morgan fingerprint density at radius 2 is 1.08 bits per heavy atom. The van der Waals surface area contributed by atoms with Crippen molar-refractivity contribution >= 4 is 64.1 Å². The van der Waals surface area contributed by atoms with E-state index in [-0.39, 0.29) is 50.4 Å². The molecule has 0 aliphatic rings. The van der Waals surface area contributed by atoms with Crippen molar-refractivity contribution in [2.45, 2.75) is 213 Å². The van der Waals surface area contributed by atoms with Crippen LogP contribution in [0.1, 0.15) is 169 Å². The third kappa shape index (κ3) is 23.4. The van der Waals surface area contributed by atoms with E-state index in [2.05, 4.69) is 59.1 Å². The van der Waals surface area contributed by atoms with Crippen molar-refractivity contribution in [3.63, 3.8) is 0 Å². The highest BCUT2D eigenvalue weighted by molar-refractivity contribution is 5.98. The highest BCUT2D eigenvalue weighted by Gasteiger charge is 2.34. The van der Waals surface area contributed by atoms with E-state index < -0.39 is 95.5 Å². The van der Waals surface area contributed by atoms with E-state index in [1.165, 1.54) is 77.7 Å². The van der Waals surface area contributed by atoms with Gasteiger partial charge in [-0.1, -0.05) is 130 Å². The van der Waals surface area contributed by atoms with Gasteiger partial charge in [-0.15, -0.1) is 0 Å². The molecule has 0 bridgehead atoms. The van der Waals surface area contributed by atoms with Crippen LogP contribution in [0.25, 0.3) is 10.9 Å². The first-order valence-electron chi connectivity index (χ1n) is 27.4. The first kappa shape index (κ1) is 63.5. The molecule has 0 aliphatic heterocycles. The molecule has 7 atom stereocenters. The van der Waals surface area contributed by atoms with Crippen molar-refractivity contribution in [1.29, 1.82) is 0 Å². The van der Waals surface area contributed by atoms with E-state index in [4.69, 9.17) is 11.5 Å². The number of fused-ring (bicyclic) bond motifs is 1. The van der Waals surface area contributed by atoms with Gasteiger partial charge in [-0.2, -0.15) is 0 Å². The van der Waals surface area contributed by atoms with Crippen LogP contribution in [0.4, 0.5) is 0 Å². The maximum Gasteiger partial charge on any atom is 0.243 e. The Kier molecular flexibility index (Phi) is 28.4. The summed E-state index contributed by atoms with van der Waals surface area (Å²) < 4.78 is 0. The second-order valence-corrected chi connectivity index (χ2v) is 20.9. The van der Waals surface area contributed by atoms with Crippen LogP contribution in [-0.2, 0) is 56.0 Å². The van der Waals surface area contributed by atoms with Gasteiger partial charge >= 0.3 is 0 Å². The third-order valence-electron chi connectivity index (χ3n) is 13.3. The molecule has 3 rings (SSSR count). The Bertz CT molecular complexity index is 2320. The van der Waals surface area contributed by atoms with Crippen LogP contribution in [0.2, 0.25) is 0 Å². The zero-order valence-corrected chi connectivity index (χ0v) is 45.9. The zero-order valence-electron chi connectivity index (χ0n) is 45.9. The summed E-state index contributed by atoms with van der Waals surface area (Å²) in [6.45, 7) is 12.1. The lowest BCUT2D eigenvalue weighted by Crippen LogP contribution is -2.60. The van der Waals surface area contributed by atoms with E-state index >= 15 is 0 Å². The lowest BCUT2D eigenvalue weighted by atomic mass is 10.0. The van der Waals surface area contributed by atoms with Gasteiger partial charge in [-0.25, -0.2) is 4.98 Å². The molecule has 0 unspecified atom stereocenters. The monoisotopic (exact) mass is 1060 g/mol. The summed E-state index contributed by atoms with van der Waals surface area (Å²) in [5.41, 5.74) is 13.0. The van der Waals surface area contributed by atoms with E-state index in [1.807, 2.05) is 38.1 Å². The summed E-state index contributed by atoms with van der Waals surface area (Å²) in [6.07, 6.45) is 19.6. The topological polar surface area (TPSA) is 334 Å². The van der Waals surface area contributed by atoms with Crippen molar-refractivity contribution in [3.8, 4) is 0 Å². The Labute approximate surface area is 448 Å². The van der Waals surface area contributed by atoms with Gasteiger partial charge in [0.2, 0.25) is 53.2 Å². The minimum atomic E-state index is -1.28. The molecule has 3 aromatic rings. The van der Waals surface area contributed by atoms with Gasteiger partial charge in [0.15, 0.2) is 0 Å². The van der Waals surface area contributed by atoms with Gasteiger partial charge in [-0.3, -0.25) is 43.2 Å². The molecule has 422 valence electrons. The van der Waals surface area contributed by atoms with Crippen LogP contribution in [0.3, 0.4) is 0 Å². The molecule has 21 heteroatoms. The molecule has 1 aromatic carbocycles. The van der Waals surface area contributed by atoms with Gasteiger partial charge in [0.25, 0.3) is 0 Å². The molecule has 76 heavy (non-hydrogen) atoms. The van der Waals surface area contributed by atoms with Crippen LogP contribution >= 0.6 is 0 Å². The number of H-pyrrole nitrogens is 2. The van der Waals surface area contributed by atoms with Gasteiger partial charge in [0.05, 0.1) is 6.33 Å². The van der Waals surface area contributed by atoms with Crippen molar-refractivity contribution < 1.29 is 43.2 Å². The fraction of sp³-hybridized carbons (Fsp3) is 0.636. The lowest BCUT2D eigenvalue weighted by Gasteiger charge is -2.27. The molecule has 0 spiro atoms. The van der Waals surface area contributed by atoms with Crippen LogP contribution < -0.4 is 48.7 Å². The molecule has 0 aliphatic carbocycles. The fourth-order valence-corrected chi connectivity index (χ4v) is 8.80. The normalized spacial score (nSPS) is 14.1. The number of imidazole rings is 1. The number of para-hydroxylation sites is 1. The average molecular weight is 1060 g/mol. The first-order valence-corrected chi connectivity index (χ1v) is 27.4. The Morgan fingerprint density at radius 3 is 1.64 bits per heavy atom. The average Bonchev–Trinajstić information content (AvgIpc) is 4.04. The molecule has 2 aromatic heterocycles. The number of primary amides is 2. The van der Waals surface area contributed by atoms with Crippen molar-refractivity contribution in [2.75, 3.05) is 0 Å². The number of amides is 9. The molecule has 9 amide bonds. The summed E-state index contributed by atoms with van der Waals surface area (Å²) in [4.78, 5) is 130. The minimum Gasteiger partial charge on any atom is -0.370 e. The van der Waals surface area contributed by atoms with Crippen LogP contribution in [-0.4, -0.2) is 110 Å². The maximum absolute atomic E-state index is 14.2. The number of hydrogen-bond acceptors (Lipinski definition) is 10. The highest BCUT2D eigenvalue weighted by atomic mass is 16.2. The molecule has 2 heterocycles. The van der Waals surface area contributed by atoms with Crippen LogP contribution in [0.15, 0.2) is 43.0 Å². The van der Waals surface area contributed by atoms with E-state index in [0.29, 0.717) is 17.7 Å². The standard InChI is InChI=1S/C55H88N12O9/c1-8-9-10-11-12-13-14-15-16-17-18-19-20-25-47(69)63-42(26-27-46(56)68)52(73)66-44(29-38-31-59-41-24-22-21-23-40(38)41)53(74)61-37(7)51(72)67-48(35(4)5)55(76)62-36(6)50(71)65-45(30-39-32-58-33-60-39)54(75)64-43(49(57)70)28-34(2)3/h21-24,31-37,42-45,48,59H,8-20,25-30H2,1-7H3,(H2,56,68)(H2,57,70)(H,58,60)(H,61,74)(H,62,76)(H,63,69)(H,64,75)(H,65,71)(H,66,73)(H,67,72)/t36-,37-,42-,43-,44-,45-,48-/m0/s1. The maximum atomic E-state index is 14.2. The molecule has 21 nitrogen and oxygen atoms in total. The Balaban J connectivity index is 1.67. The number of benzene rings is 1. The molecule has 0 radical (unpaired) electrons. The predicted molar refractivity (Wildman–Crippen MR) is 291 cm³/mol. The lowest BCUT2D eigenvalue weighted by molar-refractivity contribution is -0.136. The summed E-state index contributed by atoms with van der Waals surface area (Å²) in [5, 5.41) is 19.5. The highest BCUT2D eigenvalue weighted by Crippen LogP contribution is 2.20. The zero-order chi connectivity index (χ0) is 56.2. The number of aromatic amines is 2. The fourth-order valence-electron chi connectivity index (χ4n) is 8.80. The second-order valence-electron chi connectivity index (χ2n) is 20.9. The molecule has 0 saturated heterocycles. The number of carbonyl (C=O) groups excluding carboxylic acids is 9. The number of rotatable bonds is 38. The SMILES string of the molecule is CCCCCCCCCCCCCCCC(=O)N[C@@H](CCC(N)=O)C(=O)N[C@@H](Cc1c[nH]c2ccccc12)C(=O)N[C@@H](C)C(=O)N[C@H](C(=O)N[C@@H](C)C(=O)N[C@@H](Cc1cnc[nH]1)C(=O)N[C@@H](CC(C)C)C(N)=O)C(C)C. The van der Waals surface area contributed by atoms with Crippen LogP contribution in [0.5, 0.6) is 0 Å². The molecule has 0 saturated carbocycles. The predicted octanol–water partition coefficient (Wildman–Crippen LogP) is 4.04. The van der Waals surface area contributed by atoms with Gasteiger partial charge < -0.3 is 58.7 Å². The number of nitrogens with one attached hydrogen (secondary N) is 9. The van der Waals surface area contributed by atoms with Gasteiger partial charge in [0, 0.05) is 54.7 Å². The summed E-state index contributed by atoms with van der Waals surface area (Å²) in [7, 11) is 0. The summed E-state index contributed by atoms with van der Waals surface area (Å²) >= 11 is 0. The van der Waals surface area contributed by atoms with Gasteiger partial charge in [0.1, 0.15) is 42.3 Å². The Hall–Kier alpha value is -6.80. The van der Waals surface area contributed by atoms with Gasteiger partial charge in [-0.05, 0) is 56.6 Å². The number of nitrogens with two attached hydrogens (primary N) is 2. The van der Waals surface area contributed by atoms with Crippen molar-refractivity contribution in [2.24, 2.45) is 23.3 Å². The molecule has 0 fully saturated rings. The van der Waals surface area contributed by atoms with Crippen LogP contribution in [0, 0.1) is 11.8 Å². The number of unbranched alkanes of at least 4 members (excludes halogenated alkanes) is 12. The number of aromatic nitrogens is 3. The molecule has 13 N–H and O–H groups in total. The smallest absolute Gasteiger partial charge is 0.243 e. The Morgan fingerprint density at radius 1 is 0.553 bits per heavy atom. The number of nitrogens with zero attached hydrogens (tertiary/aromatic N) is 1. The number of carbonyl (C=O) groups is 9.